The van der Waals surface area contributed by atoms with Crippen LogP contribution in [0, 0.1) is 5.82 Å². The summed E-state index contributed by atoms with van der Waals surface area (Å²) in [6.45, 7) is 0.246. The zero-order valence-electron chi connectivity index (χ0n) is 20.1. The number of hydrogen-bond donors (Lipinski definition) is 1. The van der Waals surface area contributed by atoms with Crippen LogP contribution in [-0.4, -0.2) is 28.7 Å². The van der Waals surface area contributed by atoms with Gasteiger partial charge < -0.3 is 24.7 Å². The average Bonchev–Trinajstić information content (AvgIpc) is 2.90. The zero-order valence-corrected chi connectivity index (χ0v) is 22.9. The van der Waals surface area contributed by atoms with Crippen LogP contribution in [0.5, 0.6) is 17.2 Å². The average molecular weight is 542 g/mol. The van der Waals surface area contributed by atoms with Gasteiger partial charge in [-0.3, -0.25) is 4.79 Å². The van der Waals surface area contributed by atoms with E-state index in [2.05, 4.69) is 15.5 Å². The van der Waals surface area contributed by atoms with E-state index in [1.54, 1.807) is 54.6 Å². The van der Waals surface area contributed by atoms with Crippen LogP contribution < -0.4 is 49.5 Å². The molecule has 1 aliphatic heterocycles. The number of benzene rings is 3. The molecule has 186 valence electrons. The van der Waals surface area contributed by atoms with Crippen molar-refractivity contribution in [3.05, 3.63) is 94.8 Å². The molecule has 0 saturated heterocycles. The maximum absolute atomic E-state index is 13.1. The Kier molecular flexibility index (Phi) is 8.63. The van der Waals surface area contributed by atoms with Gasteiger partial charge in [0, 0.05) is 34.6 Å². The molecule has 1 amide bonds. The molecule has 0 aliphatic carbocycles. The molecule has 3 aromatic carbocycles. The minimum atomic E-state index is -1.18. The molecule has 1 atom stereocenters. The minimum absolute atomic E-state index is 0. The van der Waals surface area contributed by atoms with Crippen LogP contribution in [0.3, 0.4) is 0 Å². The summed E-state index contributed by atoms with van der Waals surface area (Å²) in [5.41, 5.74) is 2.05. The molecule has 0 bridgehead atoms. The fourth-order valence-electron chi connectivity index (χ4n) is 3.88. The number of ether oxygens (including phenoxy) is 2. The summed E-state index contributed by atoms with van der Waals surface area (Å²) in [5, 5.41) is 22.4. The van der Waals surface area contributed by atoms with Crippen molar-refractivity contribution in [1.82, 2.24) is 10.2 Å². The Morgan fingerprint density at radius 3 is 2.42 bits per heavy atom. The first-order valence-corrected chi connectivity index (χ1v) is 11.6. The standard InChI is InChI=1S/C27H19ClFN3O5.Na/c28-21-13-20-19(27(34)35)11-12-36-23(20)14-24(21)37-18-7-3-16(4-8-18)26(33)30-25-10-9-22(31-32-25)15-1-5-17(29)6-2-15;/h1-10,13-14,19H,11-12H2,(H,34,35)(H,30,32,33);/q;+1/p-1. The van der Waals surface area contributed by atoms with Gasteiger partial charge in [0.05, 0.1) is 17.3 Å². The number of fused-ring (bicyclic) bond motifs is 1. The van der Waals surface area contributed by atoms with E-state index in [1.807, 2.05) is 0 Å². The number of nitrogens with zero attached hydrogens (tertiary/aromatic N) is 2. The van der Waals surface area contributed by atoms with Crippen LogP contribution >= 0.6 is 11.6 Å². The molecular formula is C27H18ClFN3NaO5. The number of carbonyl (C=O) groups excluding carboxylic acids is 2. The smallest absolute Gasteiger partial charge is 0.549 e. The maximum atomic E-state index is 13.1. The fraction of sp³-hybridized carbons (Fsp3) is 0.111. The van der Waals surface area contributed by atoms with Crippen LogP contribution in [0.15, 0.2) is 72.8 Å². The summed E-state index contributed by atoms with van der Waals surface area (Å²) < 4.78 is 24.5. The number of aromatic nitrogens is 2. The monoisotopic (exact) mass is 541 g/mol. The van der Waals surface area contributed by atoms with E-state index in [9.17, 15) is 19.1 Å². The number of halogens is 2. The van der Waals surface area contributed by atoms with Crippen molar-refractivity contribution in [3.63, 3.8) is 0 Å². The zero-order chi connectivity index (χ0) is 25.9. The summed E-state index contributed by atoms with van der Waals surface area (Å²) in [4.78, 5) is 24.0. The molecule has 0 spiro atoms. The van der Waals surface area contributed by atoms with Crippen molar-refractivity contribution in [2.75, 3.05) is 11.9 Å². The number of carbonyl (C=O) groups is 2. The van der Waals surface area contributed by atoms with Gasteiger partial charge in [-0.05, 0) is 73.2 Å². The molecule has 38 heavy (non-hydrogen) atoms. The van der Waals surface area contributed by atoms with E-state index < -0.39 is 17.8 Å². The normalized spacial score (nSPS) is 13.9. The van der Waals surface area contributed by atoms with Gasteiger partial charge >= 0.3 is 29.6 Å². The first kappa shape index (κ1) is 27.5. The second-order valence-electron chi connectivity index (χ2n) is 8.22. The van der Waals surface area contributed by atoms with Crippen molar-refractivity contribution in [3.8, 4) is 28.5 Å². The molecule has 1 unspecified atom stereocenters. The van der Waals surface area contributed by atoms with Crippen LogP contribution in [0.4, 0.5) is 10.2 Å². The Labute approximate surface area is 244 Å². The van der Waals surface area contributed by atoms with Crippen molar-refractivity contribution in [1.29, 1.82) is 0 Å². The van der Waals surface area contributed by atoms with Crippen LogP contribution in [0.2, 0.25) is 5.02 Å². The summed E-state index contributed by atoms with van der Waals surface area (Å²) in [5.74, 6) is -1.39. The summed E-state index contributed by atoms with van der Waals surface area (Å²) in [7, 11) is 0. The SMILES string of the molecule is O=C(Nc1ccc(-c2ccc(F)cc2)nn1)c1ccc(Oc2cc3c(cc2Cl)C(C(=O)[O-])CCO3)cc1.[Na+]. The number of aliphatic carboxylic acids is 1. The number of carboxylic acids is 1. The van der Waals surface area contributed by atoms with E-state index in [-0.39, 0.29) is 58.6 Å². The van der Waals surface area contributed by atoms with Crippen molar-refractivity contribution < 1.29 is 58.1 Å². The predicted octanol–water partition coefficient (Wildman–Crippen LogP) is 1.60. The molecule has 4 aromatic rings. The summed E-state index contributed by atoms with van der Waals surface area (Å²) in [6, 6.07) is 18.5. The van der Waals surface area contributed by atoms with Gasteiger partial charge in [-0.25, -0.2) is 4.39 Å². The van der Waals surface area contributed by atoms with Crippen molar-refractivity contribution >= 4 is 29.3 Å². The third-order valence-corrected chi connectivity index (χ3v) is 6.07. The summed E-state index contributed by atoms with van der Waals surface area (Å²) >= 11 is 6.32. The molecule has 1 N–H and O–H groups in total. The molecule has 8 nitrogen and oxygen atoms in total. The Morgan fingerprint density at radius 1 is 1.03 bits per heavy atom. The number of anilines is 1. The number of amides is 1. The Bertz CT molecular complexity index is 1470. The maximum Gasteiger partial charge on any atom is 1.00 e. The van der Waals surface area contributed by atoms with E-state index in [0.717, 1.165) is 0 Å². The number of nitrogens with one attached hydrogen (secondary N) is 1. The van der Waals surface area contributed by atoms with E-state index in [1.165, 1.54) is 18.2 Å². The summed E-state index contributed by atoms with van der Waals surface area (Å²) in [6.07, 6.45) is 0.305. The van der Waals surface area contributed by atoms with E-state index >= 15 is 0 Å². The van der Waals surface area contributed by atoms with E-state index in [4.69, 9.17) is 21.1 Å². The number of hydrogen-bond acceptors (Lipinski definition) is 7. The van der Waals surface area contributed by atoms with Gasteiger partial charge in [0.25, 0.3) is 5.91 Å². The second kappa shape index (κ2) is 11.9. The van der Waals surface area contributed by atoms with Gasteiger partial charge in [-0.1, -0.05) is 11.6 Å². The molecule has 1 aromatic heterocycles. The second-order valence-corrected chi connectivity index (χ2v) is 8.63. The Morgan fingerprint density at radius 2 is 1.76 bits per heavy atom. The quantitative estimate of drug-likeness (QED) is 0.369. The Hall–Kier alpha value is -3.50. The molecule has 0 fully saturated rings. The van der Waals surface area contributed by atoms with Gasteiger partial charge in [0.1, 0.15) is 23.1 Å². The fourth-order valence-corrected chi connectivity index (χ4v) is 4.09. The number of carboxylic acid groups (broad SMARTS) is 1. The molecule has 0 saturated carbocycles. The first-order valence-electron chi connectivity index (χ1n) is 11.2. The third-order valence-electron chi connectivity index (χ3n) is 5.78. The molecule has 1 aliphatic rings. The van der Waals surface area contributed by atoms with Gasteiger partial charge in [-0.2, -0.15) is 0 Å². The van der Waals surface area contributed by atoms with Crippen molar-refractivity contribution in [2.45, 2.75) is 12.3 Å². The van der Waals surface area contributed by atoms with Gasteiger partial charge in [0.15, 0.2) is 5.82 Å². The first-order chi connectivity index (χ1) is 17.9. The Balaban J connectivity index is 0.00000336. The third kappa shape index (κ3) is 6.14. The molecule has 2 heterocycles. The van der Waals surface area contributed by atoms with Crippen molar-refractivity contribution in [2.24, 2.45) is 0 Å². The molecule has 0 radical (unpaired) electrons. The van der Waals surface area contributed by atoms with E-state index in [0.29, 0.717) is 40.3 Å². The van der Waals surface area contributed by atoms with Gasteiger partial charge in [-0.15, -0.1) is 10.2 Å². The largest absolute Gasteiger partial charge is 1.00 e. The predicted molar refractivity (Wildman–Crippen MR) is 131 cm³/mol. The van der Waals surface area contributed by atoms with Crippen LogP contribution in [0.1, 0.15) is 28.3 Å². The molecular weight excluding hydrogens is 524 g/mol. The van der Waals surface area contributed by atoms with Crippen LogP contribution in [-0.2, 0) is 4.79 Å². The minimum Gasteiger partial charge on any atom is -0.549 e. The van der Waals surface area contributed by atoms with Crippen LogP contribution in [0.25, 0.3) is 11.3 Å². The topological polar surface area (TPSA) is 113 Å². The molecule has 5 rings (SSSR count). The number of rotatable bonds is 6. The molecule has 11 heteroatoms. The van der Waals surface area contributed by atoms with Gasteiger partial charge in [0.2, 0.25) is 0 Å².